The topological polar surface area (TPSA) is 29.9 Å². The van der Waals surface area contributed by atoms with Crippen molar-refractivity contribution in [1.29, 1.82) is 0 Å². The second-order valence-corrected chi connectivity index (χ2v) is 4.52. The number of likely N-dealkylation sites (N-methyl/N-ethyl adjacent to an activating group) is 1. The average molecular weight is 280 g/mol. The zero-order chi connectivity index (χ0) is 11.4. The first-order valence-corrected chi connectivity index (χ1v) is 6.02. The van der Waals surface area contributed by atoms with Gasteiger partial charge in [-0.2, -0.15) is 5.10 Å². The third-order valence-corrected chi connectivity index (χ3v) is 2.88. The Morgan fingerprint density at radius 1 is 1.38 bits per heavy atom. The van der Waals surface area contributed by atoms with Gasteiger partial charge in [-0.05, 0) is 24.7 Å². The van der Waals surface area contributed by atoms with Crippen LogP contribution >= 0.6 is 15.9 Å². The zero-order valence-corrected chi connectivity index (χ0v) is 10.7. The van der Waals surface area contributed by atoms with Crippen molar-refractivity contribution in [3.63, 3.8) is 0 Å². The summed E-state index contributed by atoms with van der Waals surface area (Å²) < 4.78 is 3.04. The molecule has 2 rings (SSSR count). The predicted octanol–water partition coefficient (Wildman–Crippen LogP) is 2.53. The highest BCUT2D eigenvalue weighted by molar-refractivity contribution is 9.10. The van der Waals surface area contributed by atoms with Crippen molar-refractivity contribution in [2.45, 2.75) is 6.54 Å². The second-order valence-electron chi connectivity index (χ2n) is 3.61. The minimum Gasteiger partial charge on any atom is -0.318 e. The monoisotopic (exact) mass is 279 g/mol. The summed E-state index contributed by atoms with van der Waals surface area (Å²) in [6.45, 7) is 1.82. The first-order valence-electron chi connectivity index (χ1n) is 5.22. The van der Waals surface area contributed by atoms with Crippen LogP contribution < -0.4 is 5.32 Å². The molecule has 0 amide bonds. The van der Waals surface area contributed by atoms with Crippen LogP contribution in [0.4, 0.5) is 0 Å². The van der Waals surface area contributed by atoms with E-state index in [1.54, 1.807) is 0 Å². The molecule has 0 atom stereocenters. The Labute approximate surface area is 104 Å². The predicted molar refractivity (Wildman–Crippen MR) is 69.3 cm³/mol. The van der Waals surface area contributed by atoms with E-state index in [4.69, 9.17) is 0 Å². The third-order valence-electron chi connectivity index (χ3n) is 2.38. The molecule has 0 spiro atoms. The van der Waals surface area contributed by atoms with E-state index < -0.39 is 0 Å². The molecule has 16 heavy (non-hydrogen) atoms. The van der Waals surface area contributed by atoms with Gasteiger partial charge in [0, 0.05) is 22.8 Å². The lowest BCUT2D eigenvalue weighted by Crippen LogP contribution is -2.14. The van der Waals surface area contributed by atoms with Crippen LogP contribution in [-0.4, -0.2) is 23.4 Å². The molecule has 0 bridgehead atoms. The lowest BCUT2D eigenvalue weighted by Gasteiger charge is -1.99. The maximum atomic E-state index is 4.32. The summed E-state index contributed by atoms with van der Waals surface area (Å²) in [4.78, 5) is 0. The number of nitrogens with one attached hydrogen (secondary N) is 1. The normalized spacial score (nSPS) is 10.6. The summed E-state index contributed by atoms with van der Waals surface area (Å²) in [5.74, 6) is 0. The summed E-state index contributed by atoms with van der Waals surface area (Å²) in [5.41, 5.74) is 2.34. The fourth-order valence-corrected chi connectivity index (χ4v) is 1.93. The van der Waals surface area contributed by atoms with E-state index in [-0.39, 0.29) is 0 Å². The van der Waals surface area contributed by atoms with E-state index in [0.29, 0.717) is 0 Å². The second kappa shape index (κ2) is 5.27. The molecule has 0 aliphatic heterocycles. The van der Waals surface area contributed by atoms with Gasteiger partial charge in [-0.1, -0.05) is 28.1 Å². The van der Waals surface area contributed by atoms with Gasteiger partial charge in [-0.3, -0.25) is 4.68 Å². The van der Waals surface area contributed by atoms with Gasteiger partial charge in [0.25, 0.3) is 0 Å². The van der Waals surface area contributed by atoms with Gasteiger partial charge in [-0.15, -0.1) is 0 Å². The standard InChI is InChI=1S/C12H14BrN3/c1-14-5-6-16-9-11(8-15-16)10-3-2-4-12(13)7-10/h2-4,7-9,14H,5-6H2,1H3. The molecule has 1 aromatic heterocycles. The van der Waals surface area contributed by atoms with Gasteiger partial charge >= 0.3 is 0 Å². The summed E-state index contributed by atoms with van der Waals surface area (Å²) in [7, 11) is 1.94. The van der Waals surface area contributed by atoms with Gasteiger partial charge in [-0.25, -0.2) is 0 Å². The molecule has 0 saturated heterocycles. The summed E-state index contributed by atoms with van der Waals surface area (Å²) >= 11 is 3.47. The van der Waals surface area contributed by atoms with Crippen LogP contribution in [0.25, 0.3) is 11.1 Å². The smallest absolute Gasteiger partial charge is 0.0568 e. The van der Waals surface area contributed by atoms with Crippen molar-refractivity contribution in [1.82, 2.24) is 15.1 Å². The maximum absolute atomic E-state index is 4.32. The first kappa shape index (κ1) is 11.4. The van der Waals surface area contributed by atoms with Crippen molar-refractivity contribution in [2.75, 3.05) is 13.6 Å². The first-order chi connectivity index (χ1) is 7.79. The summed E-state index contributed by atoms with van der Waals surface area (Å²) in [6, 6.07) is 8.24. The SMILES string of the molecule is CNCCn1cc(-c2cccc(Br)c2)cn1. The number of hydrogen-bond donors (Lipinski definition) is 1. The highest BCUT2D eigenvalue weighted by Crippen LogP contribution is 2.22. The Balaban J connectivity index is 2.18. The Hall–Kier alpha value is -1.13. The van der Waals surface area contributed by atoms with Gasteiger partial charge in [0.05, 0.1) is 12.7 Å². The Bertz CT molecular complexity index is 465. The third kappa shape index (κ3) is 2.71. The van der Waals surface area contributed by atoms with Crippen molar-refractivity contribution >= 4 is 15.9 Å². The van der Waals surface area contributed by atoms with E-state index in [0.717, 1.165) is 23.1 Å². The molecule has 0 aliphatic rings. The van der Waals surface area contributed by atoms with Gasteiger partial charge in [0.15, 0.2) is 0 Å². The molecule has 4 heteroatoms. The van der Waals surface area contributed by atoms with Crippen molar-refractivity contribution in [3.8, 4) is 11.1 Å². The number of hydrogen-bond acceptors (Lipinski definition) is 2. The number of aromatic nitrogens is 2. The van der Waals surface area contributed by atoms with E-state index in [1.165, 1.54) is 5.56 Å². The van der Waals surface area contributed by atoms with Crippen LogP contribution in [0.15, 0.2) is 41.1 Å². The van der Waals surface area contributed by atoms with Crippen LogP contribution in [-0.2, 0) is 6.54 Å². The highest BCUT2D eigenvalue weighted by atomic mass is 79.9. The Morgan fingerprint density at radius 2 is 2.25 bits per heavy atom. The molecule has 0 saturated carbocycles. The van der Waals surface area contributed by atoms with Crippen LogP contribution in [0.5, 0.6) is 0 Å². The molecule has 0 fully saturated rings. The molecule has 84 valence electrons. The molecule has 1 aromatic carbocycles. The lowest BCUT2D eigenvalue weighted by molar-refractivity contribution is 0.585. The summed E-state index contributed by atoms with van der Waals surface area (Å²) in [6.07, 6.45) is 3.97. The molecule has 2 aromatic rings. The van der Waals surface area contributed by atoms with Crippen molar-refractivity contribution in [3.05, 3.63) is 41.1 Å². The maximum Gasteiger partial charge on any atom is 0.0568 e. The molecule has 0 aliphatic carbocycles. The minimum absolute atomic E-state index is 0.893. The number of rotatable bonds is 4. The molecule has 1 N–H and O–H groups in total. The molecular formula is C12H14BrN3. The van der Waals surface area contributed by atoms with E-state index >= 15 is 0 Å². The molecule has 0 radical (unpaired) electrons. The highest BCUT2D eigenvalue weighted by Gasteiger charge is 2.01. The summed E-state index contributed by atoms with van der Waals surface area (Å²) in [5, 5.41) is 7.43. The van der Waals surface area contributed by atoms with Crippen molar-refractivity contribution < 1.29 is 0 Å². The van der Waals surface area contributed by atoms with E-state index in [1.807, 2.05) is 30.1 Å². The Morgan fingerprint density at radius 3 is 3.00 bits per heavy atom. The average Bonchev–Trinajstić information content (AvgIpc) is 2.75. The van der Waals surface area contributed by atoms with Crippen LogP contribution in [0.1, 0.15) is 0 Å². The Kier molecular flexibility index (Phi) is 3.74. The fourth-order valence-electron chi connectivity index (χ4n) is 1.53. The molecule has 1 heterocycles. The molecule has 0 unspecified atom stereocenters. The fraction of sp³-hybridized carbons (Fsp3) is 0.250. The molecular weight excluding hydrogens is 266 g/mol. The van der Waals surface area contributed by atoms with Gasteiger partial charge < -0.3 is 5.32 Å². The number of nitrogens with zero attached hydrogens (tertiary/aromatic N) is 2. The number of halogens is 1. The van der Waals surface area contributed by atoms with E-state index in [9.17, 15) is 0 Å². The van der Waals surface area contributed by atoms with E-state index in [2.05, 4.69) is 44.7 Å². The molecule has 3 nitrogen and oxygen atoms in total. The zero-order valence-electron chi connectivity index (χ0n) is 9.15. The van der Waals surface area contributed by atoms with Crippen LogP contribution in [0.2, 0.25) is 0 Å². The number of benzene rings is 1. The quantitative estimate of drug-likeness (QED) is 0.932. The van der Waals surface area contributed by atoms with Crippen LogP contribution in [0, 0.1) is 0 Å². The van der Waals surface area contributed by atoms with Gasteiger partial charge in [0.2, 0.25) is 0 Å². The van der Waals surface area contributed by atoms with Crippen molar-refractivity contribution in [2.24, 2.45) is 0 Å². The minimum atomic E-state index is 0.893. The van der Waals surface area contributed by atoms with Gasteiger partial charge in [0.1, 0.15) is 0 Å². The van der Waals surface area contributed by atoms with Crippen LogP contribution in [0.3, 0.4) is 0 Å². The largest absolute Gasteiger partial charge is 0.318 e. The lowest BCUT2D eigenvalue weighted by atomic mass is 10.1.